The Morgan fingerprint density at radius 3 is 2.45 bits per heavy atom. The van der Waals surface area contributed by atoms with Gasteiger partial charge in [-0.15, -0.1) is 0 Å². The molecule has 0 amide bonds. The molecule has 0 bridgehead atoms. The Labute approximate surface area is 127 Å². The molecule has 0 aliphatic heterocycles. The molecule has 0 saturated heterocycles. The number of benzene rings is 2. The van der Waals surface area contributed by atoms with Crippen LogP contribution in [0.4, 0.5) is 5.69 Å². The number of H-pyrrole nitrogens is 1. The highest BCUT2D eigenvalue weighted by Crippen LogP contribution is 2.28. The Bertz CT molecular complexity index is 1020. The van der Waals surface area contributed by atoms with Crippen LogP contribution in [0.3, 0.4) is 0 Å². The molecule has 5 nitrogen and oxygen atoms in total. The van der Waals surface area contributed by atoms with E-state index in [9.17, 15) is 0 Å². The van der Waals surface area contributed by atoms with Crippen molar-refractivity contribution in [3.05, 3.63) is 41.5 Å². The summed E-state index contributed by atoms with van der Waals surface area (Å²) in [5, 5.41) is 1.03. The fourth-order valence-corrected chi connectivity index (χ4v) is 2.74. The number of anilines is 1. The monoisotopic (exact) mass is 292 g/mol. The number of hydrogen-bond donors (Lipinski definition) is 2. The lowest BCUT2D eigenvalue weighted by Crippen LogP contribution is -1.94. The van der Waals surface area contributed by atoms with Crippen LogP contribution in [-0.4, -0.2) is 22.1 Å². The molecule has 110 valence electrons. The van der Waals surface area contributed by atoms with Crippen molar-refractivity contribution in [2.45, 2.75) is 13.8 Å². The standard InChI is InChI=1S/C17H16N4O/c1-9-6-14-15(7-10(9)2)20-17-16(18-14)12-8-11(21-22-3)4-5-13(12)19-17/h4-8,21H,1-3H3,(H,19,20). The molecule has 0 spiro atoms. The quantitative estimate of drug-likeness (QED) is 0.551. The Morgan fingerprint density at radius 1 is 1.00 bits per heavy atom. The molecule has 2 heterocycles. The number of fused-ring (bicyclic) bond motifs is 4. The topological polar surface area (TPSA) is 62.8 Å². The van der Waals surface area contributed by atoms with Crippen molar-refractivity contribution < 1.29 is 4.84 Å². The van der Waals surface area contributed by atoms with E-state index in [4.69, 9.17) is 14.8 Å². The van der Waals surface area contributed by atoms with Crippen molar-refractivity contribution >= 4 is 38.8 Å². The van der Waals surface area contributed by atoms with Gasteiger partial charge in [-0.1, -0.05) is 0 Å². The van der Waals surface area contributed by atoms with E-state index in [1.165, 1.54) is 11.1 Å². The third kappa shape index (κ3) is 1.90. The average molecular weight is 292 g/mol. The maximum atomic E-state index is 4.97. The zero-order valence-electron chi connectivity index (χ0n) is 12.7. The number of aromatic amines is 1. The summed E-state index contributed by atoms with van der Waals surface area (Å²) < 4.78 is 0. The molecule has 22 heavy (non-hydrogen) atoms. The molecule has 2 aromatic heterocycles. The Morgan fingerprint density at radius 2 is 1.73 bits per heavy atom. The van der Waals surface area contributed by atoms with E-state index in [1.54, 1.807) is 7.11 Å². The molecule has 4 aromatic rings. The SMILES string of the molecule is CONc1ccc2[nH]c3nc4cc(C)c(C)cc4nc3c2c1. The first kappa shape index (κ1) is 13.0. The van der Waals surface area contributed by atoms with Gasteiger partial charge in [-0.05, 0) is 55.3 Å². The molecule has 4 rings (SSSR count). The van der Waals surface area contributed by atoms with E-state index in [2.05, 4.69) is 36.4 Å². The van der Waals surface area contributed by atoms with Crippen LogP contribution in [0.1, 0.15) is 11.1 Å². The van der Waals surface area contributed by atoms with E-state index in [-0.39, 0.29) is 0 Å². The minimum absolute atomic E-state index is 0.806. The molecule has 2 aromatic carbocycles. The van der Waals surface area contributed by atoms with Gasteiger partial charge in [-0.3, -0.25) is 10.3 Å². The van der Waals surface area contributed by atoms with E-state index in [0.717, 1.165) is 38.8 Å². The summed E-state index contributed by atoms with van der Waals surface area (Å²) in [7, 11) is 1.60. The van der Waals surface area contributed by atoms with Crippen LogP contribution in [-0.2, 0) is 4.84 Å². The van der Waals surface area contributed by atoms with Crippen LogP contribution in [0, 0.1) is 13.8 Å². The number of aryl methyl sites for hydroxylation is 2. The first-order valence-electron chi connectivity index (χ1n) is 7.15. The molecule has 0 saturated carbocycles. The van der Waals surface area contributed by atoms with E-state index < -0.39 is 0 Å². The van der Waals surface area contributed by atoms with Gasteiger partial charge in [0, 0.05) is 10.9 Å². The third-order valence-corrected chi connectivity index (χ3v) is 4.03. The summed E-state index contributed by atoms with van der Waals surface area (Å²) in [6, 6.07) is 10.1. The fraction of sp³-hybridized carbons (Fsp3) is 0.176. The van der Waals surface area contributed by atoms with Crippen LogP contribution in [0.15, 0.2) is 30.3 Å². The Kier molecular flexibility index (Phi) is 2.77. The second kappa shape index (κ2) is 4.68. The van der Waals surface area contributed by atoms with Gasteiger partial charge in [0.05, 0.1) is 23.8 Å². The predicted molar refractivity (Wildman–Crippen MR) is 89.0 cm³/mol. The van der Waals surface area contributed by atoms with E-state index >= 15 is 0 Å². The number of aromatic nitrogens is 3. The van der Waals surface area contributed by atoms with Crippen LogP contribution >= 0.6 is 0 Å². The smallest absolute Gasteiger partial charge is 0.157 e. The predicted octanol–water partition coefficient (Wildman–Crippen LogP) is 3.85. The van der Waals surface area contributed by atoms with Gasteiger partial charge in [0.2, 0.25) is 0 Å². The van der Waals surface area contributed by atoms with Gasteiger partial charge >= 0.3 is 0 Å². The molecule has 0 aliphatic rings. The highest BCUT2D eigenvalue weighted by Gasteiger charge is 2.10. The summed E-state index contributed by atoms with van der Waals surface area (Å²) in [4.78, 5) is 17.8. The van der Waals surface area contributed by atoms with Crippen molar-refractivity contribution in [3.63, 3.8) is 0 Å². The highest BCUT2D eigenvalue weighted by atomic mass is 16.6. The van der Waals surface area contributed by atoms with Crippen molar-refractivity contribution in [2.24, 2.45) is 0 Å². The normalized spacial score (nSPS) is 11.6. The molecule has 2 N–H and O–H groups in total. The molecular weight excluding hydrogens is 276 g/mol. The van der Waals surface area contributed by atoms with Crippen molar-refractivity contribution in [1.82, 2.24) is 15.0 Å². The van der Waals surface area contributed by atoms with E-state index in [1.807, 2.05) is 18.2 Å². The van der Waals surface area contributed by atoms with Gasteiger partial charge < -0.3 is 4.98 Å². The van der Waals surface area contributed by atoms with Gasteiger partial charge in [0.1, 0.15) is 5.52 Å². The zero-order valence-corrected chi connectivity index (χ0v) is 12.7. The molecule has 5 heteroatoms. The van der Waals surface area contributed by atoms with Crippen molar-refractivity contribution in [1.29, 1.82) is 0 Å². The van der Waals surface area contributed by atoms with E-state index in [0.29, 0.717) is 0 Å². The van der Waals surface area contributed by atoms with Crippen molar-refractivity contribution in [3.8, 4) is 0 Å². The summed E-state index contributed by atoms with van der Waals surface area (Å²) >= 11 is 0. The number of nitrogens with one attached hydrogen (secondary N) is 2. The zero-order chi connectivity index (χ0) is 15.3. The minimum atomic E-state index is 0.806. The van der Waals surface area contributed by atoms with Gasteiger partial charge in [-0.2, -0.15) is 0 Å². The van der Waals surface area contributed by atoms with Crippen molar-refractivity contribution in [2.75, 3.05) is 12.6 Å². The highest BCUT2D eigenvalue weighted by molar-refractivity contribution is 6.06. The Balaban J connectivity index is 2.06. The molecule has 0 atom stereocenters. The number of hydrogen-bond acceptors (Lipinski definition) is 4. The summed E-state index contributed by atoms with van der Waals surface area (Å²) in [5.74, 6) is 0. The molecular formula is C17H16N4O. The maximum Gasteiger partial charge on any atom is 0.157 e. The number of nitrogens with zero attached hydrogens (tertiary/aromatic N) is 2. The van der Waals surface area contributed by atoms with Gasteiger partial charge in [-0.25, -0.2) is 9.97 Å². The summed E-state index contributed by atoms with van der Waals surface area (Å²) in [5.41, 5.74) is 10.7. The van der Waals surface area contributed by atoms with Crippen LogP contribution < -0.4 is 5.48 Å². The molecule has 0 aliphatic carbocycles. The average Bonchev–Trinajstić information content (AvgIpc) is 2.84. The van der Waals surface area contributed by atoms with Gasteiger partial charge in [0.25, 0.3) is 0 Å². The minimum Gasteiger partial charge on any atom is -0.338 e. The third-order valence-electron chi connectivity index (χ3n) is 4.03. The lowest BCUT2D eigenvalue weighted by atomic mass is 10.1. The lowest BCUT2D eigenvalue weighted by Gasteiger charge is -2.03. The Hall–Kier alpha value is -2.66. The maximum absolute atomic E-state index is 4.97. The summed E-state index contributed by atoms with van der Waals surface area (Å²) in [6.07, 6.45) is 0. The summed E-state index contributed by atoms with van der Waals surface area (Å²) in [6.45, 7) is 4.19. The first-order chi connectivity index (χ1) is 10.7. The first-order valence-corrected chi connectivity index (χ1v) is 7.15. The second-order valence-corrected chi connectivity index (χ2v) is 5.54. The van der Waals surface area contributed by atoms with Crippen LogP contribution in [0.5, 0.6) is 0 Å². The van der Waals surface area contributed by atoms with Crippen LogP contribution in [0.2, 0.25) is 0 Å². The lowest BCUT2D eigenvalue weighted by molar-refractivity contribution is 0.271. The van der Waals surface area contributed by atoms with Gasteiger partial charge in [0.15, 0.2) is 5.65 Å². The molecule has 0 radical (unpaired) electrons. The number of rotatable bonds is 2. The largest absolute Gasteiger partial charge is 0.338 e. The fourth-order valence-electron chi connectivity index (χ4n) is 2.74. The molecule has 0 fully saturated rings. The molecule has 0 unspecified atom stereocenters. The second-order valence-electron chi connectivity index (χ2n) is 5.54. The van der Waals surface area contributed by atoms with Crippen LogP contribution in [0.25, 0.3) is 33.1 Å².